The molecule has 0 aliphatic carbocycles. The molecule has 84 valence electrons. The van der Waals surface area contributed by atoms with E-state index < -0.39 is 0 Å². The summed E-state index contributed by atoms with van der Waals surface area (Å²) in [6, 6.07) is 1.82. The fraction of sp³-hybridized carbons (Fsp3) is 0.545. The van der Waals surface area contributed by atoms with Gasteiger partial charge in [-0.15, -0.1) is 0 Å². The number of halogens is 1. The van der Waals surface area contributed by atoms with Crippen LogP contribution in [-0.2, 0) is 7.05 Å². The van der Waals surface area contributed by atoms with Crippen molar-refractivity contribution in [2.75, 3.05) is 6.54 Å². The number of aromatic nitrogens is 1. The van der Waals surface area contributed by atoms with Crippen molar-refractivity contribution in [2.24, 2.45) is 13.0 Å². The maximum absolute atomic E-state index is 11.7. The van der Waals surface area contributed by atoms with Crippen LogP contribution in [-0.4, -0.2) is 17.0 Å². The third kappa shape index (κ3) is 3.70. The molecule has 1 heterocycles. The van der Waals surface area contributed by atoms with Crippen LogP contribution >= 0.6 is 15.9 Å². The average Bonchev–Trinajstić information content (AvgIpc) is 2.44. The Hall–Kier alpha value is -0.770. The fourth-order valence-corrected chi connectivity index (χ4v) is 1.84. The Labute approximate surface area is 99.0 Å². The molecule has 0 bridgehead atoms. The molecule has 0 aromatic carbocycles. The van der Waals surface area contributed by atoms with E-state index in [4.69, 9.17) is 0 Å². The number of rotatable bonds is 4. The first kappa shape index (κ1) is 12.3. The van der Waals surface area contributed by atoms with Gasteiger partial charge in [-0.05, 0) is 34.3 Å². The summed E-state index contributed by atoms with van der Waals surface area (Å²) in [5.74, 6) is 0.606. The molecule has 0 spiro atoms. The molecule has 4 heteroatoms. The summed E-state index contributed by atoms with van der Waals surface area (Å²) < 4.78 is 2.74. The summed E-state index contributed by atoms with van der Waals surface area (Å²) in [6.07, 6.45) is 2.88. The molecule has 1 rings (SSSR count). The summed E-state index contributed by atoms with van der Waals surface area (Å²) >= 11 is 3.34. The Bertz CT molecular complexity index is 344. The van der Waals surface area contributed by atoms with Crippen molar-refractivity contribution in [3.05, 3.63) is 22.4 Å². The molecule has 1 N–H and O–H groups in total. The SMILES string of the molecule is CC(C)CCNC(=O)c1cc(Br)cn1C. The van der Waals surface area contributed by atoms with Gasteiger partial charge < -0.3 is 9.88 Å². The molecular formula is C11H17BrN2O. The minimum absolute atomic E-state index is 0.0103. The molecule has 15 heavy (non-hydrogen) atoms. The molecule has 0 aliphatic rings. The van der Waals surface area contributed by atoms with Gasteiger partial charge in [-0.2, -0.15) is 0 Å². The molecule has 1 amide bonds. The third-order valence-electron chi connectivity index (χ3n) is 2.21. The van der Waals surface area contributed by atoms with E-state index in [-0.39, 0.29) is 5.91 Å². The zero-order valence-electron chi connectivity index (χ0n) is 9.38. The number of hydrogen-bond acceptors (Lipinski definition) is 1. The summed E-state index contributed by atoms with van der Waals surface area (Å²) in [6.45, 7) is 5.02. The van der Waals surface area contributed by atoms with Gasteiger partial charge in [-0.25, -0.2) is 0 Å². The summed E-state index contributed by atoms with van der Waals surface area (Å²) in [5.41, 5.74) is 0.686. The van der Waals surface area contributed by atoms with Gasteiger partial charge in [0.2, 0.25) is 0 Å². The van der Waals surface area contributed by atoms with Crippen molar-refractivity contribution >= 4 is 21.8 Å². The molecule has 0 saturated heterocycles. The van der Waals surface area contributed by atoms with Crippen molar-refractivity contribution < 1.29 is 4.79 Å². The van der Waals surface area contributed by atoms with Gasteiger partial charge in [0.05, 0.1) is 0 Å². The first-order valence-electron chi connectivity index (χ1n) is 5.10. The van der Waals surface area contributed by atoms with Gasteiger partial charge in [-0.3, -0.25) is 4.79 Å². The second-order valence-electron chi connectivity index (χ2n) is 4.09. The van der Waals surface area contributed by atoms with Gasteiger partial charge in [0.25, 0.3) is 5.91 Å². The summed E-state index contributed by atoms with van der Waals surface area (Å²) in [7, 11) is 1.86. The Balaban J connectivity index is 2.50. The second kappa shape index (κ2) is 5.35. The van der Waals surface area contributed by atoms with Crippen molar-refractivity contribution in [3.8, 4) is 0 Å². The van der Waals surface area contributed by atoms with Gasteiger partial charge in [0.1, 0.15) is 5.69 Å². The van der Waals surface area contributed by atoms with E-state index in [0.717, 1.165) is 17.4 Å². The molecular weight excluding hydrogens is 256 g/mol. The first-order valence-corrected chi connectivity index (χ1v) is 5.90. The molecule has 1 aromatic rings. The van der Waals surface area contributed by atoms with E-state index in [9.17, 15) is 4.79 Å². The monoisotopic (exact) mass is 272 g/mol. The maximum atomic E-state index is 11.7. The lowest BCUT2D eigenvalue weighted by Gasteiger charge is -2.07. The first-order chi connectivity index (χ1) is 7.00. The number of amides is 1. The highest BCUT2D eigenvalue weighted by atomic mass is 79.9. The number of carbonyl (C=O) groups is 1. The summed E-state index contributed by atoms with van der Waals surface area (Å²) in [5, 5.41) is 2.90. The lowest BCUT2D eigenvalue weighted by molar-refractivity contribution is 0.0944. The summed E-state index contributed by atoms with van der Waals surface area (Å²) in [4.78, 5) is 11.7. The van der Waals surface area contributed by atoms with E-state index in [1.807, 2.05) is 23.9 Å². The van der Waals surface area contributed by atoms with Crippen LogP contribution in [0.4, 0.5) is 0 Å². The van der Waals surface area contributed by atoms with Crippen LogP contribution in [0.1, 0.15) is 30.8 Å². The number of nitrogens with one attached hydrogen (secondary N) is 1. The molecule has 0 saturated carbocycles. The van der Waals surface area contributed by atoms with Crippen molar-refractivity contribution in [3.63, 3.8) is 0 Å². The molecule has 1 aromatic heterocycles. The van der Waals surface area contributed by atoms with Crippen LogP contribution < -0.4 is 5.32 Å². The third-order valence-corrected chi connectivity index (χ3v) is 2.65. The van der Waals surface area contributed by atoms with E-state index in [1.165, 1.54) is 0 Å². The van der Waals surface area contributed by atoms with Crippen LogP contribution in [0.3, 0.4) is 0 Å². The van der Waals surface area contributed by atoms with Crippen LogP contribution in [0.2, 0.25) is 0 Å². The van der Waals surface area contributed by atoms with Crippen molar-refractivity contribution in [1.29, 1.82) is 0 Å². The lowest BCUT2D eigenvalue weighted by atomic mass is 10.1. The van der Waals surface area contributed by atoms with Gasteiger partial charge in [-0.1, -0.05) is 13.8 Å². The molecule has 0 radical (unpaired) electrons. The number of carbonyl (C=O) groups excluding carboxylic acids is 1. The van der Waals surface area contributed by atoms with Crippen LogP contribution in [0.15, 0.2) is 16.7 Å². The highest BCUT2D eigenvalue weighted by molar-refractivity contribution is 9.10. The van der Waals surface area contributed by atoms with E-state index >= 15 is 0 Å². The highest BCUT2D eigenvalue weighted by Gasteiger charge is 2.10. The highest BCUT2D eigenvalue weighted by Crippen LogP contribution is 2.13. The fourth-order valence-electron chi connectivity index (χ4n) is 1.31. The molecule has 3 nitrogen and oxygen atoms in total. The van der Waals surface area contributed by atoms with Gasteiger partial charge >= 0.3 is 0 Å². The van der Waals surface area contributed by atoms with E-state index in [1.54, 1.807) is 0 Å². The number of nitrogens with zero attached hydrogens (tertiary/aromatic N) is 1. The average molecular weight is 273 g/mol. The van der Waals surface area contributed by atoms with Crippen LogP contribution in [0, 0.1) is 5.92 Å². The van der Waals surface area contributed by atoms with Gasteiger partial charge in [0, 0.05) is 24.3 Å². The zero-order valence-corrected chi connectivity index (χ0v) is 11.0. The predicted octanol–water partition coefficient (Wildman–Crippen LogP) is 2.56. The smallest absolute Gasteiger partial charge is 0.267 e. The quantitative estimate of drug-likeness (QED) is 0.898. The normalized spacial score (nSPS) is 10.7. The Morgan fingerprint density at radius 2 is 2.27 bits per heavy atom. The van der Waals surface area contributed by atoms with Crippen LogP contribution in [0.25, 0.3) is 0 Å². The van der Waals surface area contributed by atoms with Crippen molar-refractivity contribution in [2.45, 2.75) is 20.3 Å². The van der Waals surface area contributed by atoms with Crippen LogP contribution in [0.5, 0.6) is 0 Å². The predicted molar refractivity (Wildman–Crippen MR) is 64.9 cm³/mol. The molecule has 0 fully saturated rings. The van der Waals surface area contributed by atoms with E-state index in [0.29, 0.717) is 11.6 Å². The Morgan fingerprint density at radius 3 is 2.73 bits per heavy atom. The Morgan fingerprint density at radius 1 is 1.60 bits per heavy atom. The minimum Gasteiger partial charge on any atom is -0.351 e. The largest absolute Gasteiger partial charge is 0.351 e. The Kier molecular flexibility index (Phi) is 4.39. The van der Waals surface area contributed by atoms with Gasteiger partial charge in [0.15, 0.2) is 0 Å². The maximum Gasteiger partial charge on any atom is 0.267 e. The molecule has 0 aliphatic heterocycles. The van der Waals surface area contributed by atoms with E-state index in [2.05, 4.69) is 35.1 Å². The number of hydrogen-bond donors (Lipinski definition) is 1. The lowest BCUT2D eigenvalue weighted by Crippen LogP contribution is -2.26. The standard InChI is InChI=1S/C11H17BrN2O/c1-8(2)4-5-13-11(15)10-6-9(12)7-14(10)3/h6-8H,4-5H2,1-3H3,(H,13,15). The zero-order chi connectivity index (χ0) is 11.4. The topological polar surface area (TPSA) is 34.0 Å². The van der Waals surface area contributed by atoms with Crippen molar-refractivity contribution in [1.82, 2.24) is 9.88 Å². The second-order valence-corrected chi connectivity index (χ2v) is 5.01. The minimum atomic E-state index is -0.0103. The molecule has 0 atom stereocenters. The molecule has 0 unspecified atom stereocenters. The number of aryl methyl sites for hydroxylation is 1.